The Kier molecular flexibility index (Phi) is 5.04. The van der Waals surface area contributed by atoms with Gasteiger partial charge in [0, 0.05) is 12.6 Å². The summed E-state index contributed by atoms with van der Waals surface area (Å²) in [7, 11) is 0. The average molecular weight is 253 g/mol. The van der Waals surface area contributed by atoms with Crippen molar-refractivity contribution in [1.29, 1.82) is 0 Å². The van der Waals surface area contributed by atoms with Gasteiger partial charge in [0.25, 0.3) is 0 Å². The second-order valence-corrected chi connectivity index (χ2v) is 6.00. The zero-order chi connectivity index (χ0) is 13.0. The molecule has 0 spiro atoms. The van der Waals surface area contributed by atoms with Crippen LogP contribution >= 0.6 is 0 Å². The Bertz CT molecular complexity index is 272. The fourth-order valence-corrected chi connectivity index (χ4v) is 3.40. The van der Waals surface area contributed by atoms with Gasteiger partial charge in [-0.2, -0.15) is 0 Å². The van der Waals surface area contributed by atoms with Gasteiger partial charge < -0.3 is 4.74 Å². The highest BCUT2D eigenvalue weighted by Gasteiger charge is 2.31. The molecule has 2 rings (SSSR count). The van der Waals surface area contributed by atoms with Crippen molar-refractivity contribution >= 4 is 5.97 Å². The van der Waals surface area contributed by atoms with E-state index in [2.05, 4.69) is 11.8 Å². The minimum absolute atomic E-state index is 0.0198. The Morgan fingerprint density at radius 1 is 1.22 bits per heavy atom. The number of piperidine rings is 1. The van der Waals surface area contributed by atoms with Crippen molar-refractivity contribution in [2.45, 2.75) is 58.4 Å². The van der Waals surface area contributed by atoms with Gasteiger partial charge in [-0.25, -0.2) is 0 Å². The van der Waals surface area contributed by atoms with E-state index in [1.165, 1.54) is 32.2 Å². The first kappa shape index (κ1) is 13.9. The molecule has 0 amide bonds. The smallest absolute Gasteiger partial charge is 0.310 e. The summed E-state index contributed by atoms with van der Waals surface area (Å²) < 4.78 is 5.17. The number of esters is 1. The van der Waals surface area contributed by atoms with Crippen LogP contribution in [0.15, 0.2) is 0 Å². The van der Waals surface area contributed by atoms with Gasteiger partial charge in [0.05, 0.1) is 12.5 Å². The molecule has 1 atom stereocenters. The maximum atomic E-state index is 11.8. The van der Waals surface area contributed by atoms with Gasteiger partial charge in [0.15, 0.2) is 0 Å². The summed E-state index contributed by atoms with van der Waals surface area (Å²) in [5.41, 5.74) is 0. The van der Waals surface area contributed by atoms with Gasteiger partial charge in [0.2, 0.25) is 0 Å². The summed E-state index contributed by atoms with van der Waals surface area (Å²) in [5, 5.41) is 0. The van der Waals surface area contributed by atoms with Crippen molar-refractivity contribution in [1.82, 2.24) is 4.90 Å². The first-order valence-corrected chi connectivity index (χ1v) is 7.61. The van der Waals surface area contributed by atoms with E-state index in [9.17, 15) is 4.79 Å². The summed E-state index contributed by atoms with van der Waals surface area (Å²) in [4.78, 5) is 14.4. The van der Waals surface area contributed by atoms with Gasteiger partial charge >= 0.3 is 5.97 Å². The van der Waals surface area contributed by atoms with Crippen LogP contribution in [-0.4, -0.2) is 36.6 Å². The maximum absolute atomic E-state index is 11.8. The molecule has 0 aromatic rings. The lowest BCUT2D eigenvalue weighted by atomic mass is 9.85. The van der Waals surface area contributed by atoms with E-state index in [1.807, 2.05) is 6.92 Å². The predicted molar refractivity (Wildman–Crippen MR) is 72.4 cm³/mol. The van der Waals surface area contributed by atoms with Crippen LogP contribution < -0.4 is 0 Å². The second-order valence-electron chi connectivity index (χ2n) is 6.00. The number of hydrogen-bond acceptors (Lipinski definition) is 3. The van der Waals surface area contributed by atoms with Crippen LogP contribution in [0.3, 0.4) is 0 Å². The fraction of sp³-hybridized carbons (Fsp3) is 0.933. The maximum Gasteiger partial charge on any atom is 0.310 e. The minimum Gasteiger partial charge on any atom is -0.466 e. The van der Waals surface area contributed by atoms with Crippen LogP contribution in [-0.2, 0) is 9.53 Å². The number of carbonyl (C=O) groups is 1. The molecule has 0 aromatic heterocycles. The van der Waals surface area contributed by atoms with Gasteiger partial charge in [-0.05, 0) is 57.9 Å². The molecule has 0 N–H and O–H groups in total. The molecule has 1 aliphatic carbocycles. The highest BCUT2D eigenvalue weighted by atomic mass is 16.5. The molecule has 1 aliphatic heterocycles. The van der Waals surface area contributed by atoms with E-state index < -0.39 is 0 Å². The molecular formula is C15H27NO2. The standard InChI is InChI=1S/C15H27NO2/c1-3-18-15(17)13-5-4-10-16(11-13)14-8-6-12(2)7-9-14/h12-14H,3-11H2,1-2H3/t12?,13-,14?/m1/s1. The zero-order valence-corrected chi connectivity index (χ0v) is 11.9. The third-order valence-electron chi connectivity index (χ3n) is 4.57. The molecule has 104 valence electrons. The monoisotopic (exact) mass is 253 g/mol. The highest BCUT2D eigenvalue weighted by Crippen LogP contribution is 2.30. The quantitative estimate of drug-likeness (QED) is 0.724. The van der Waals surface area contributed by atoms with Gasteiger partial charge in [-0.3, -0.25) is 9.69 Å². The lowest BCUT2D eigenvalue weighted by molar-refractivity contribution is -0.150. The topological polar surface area (TPSA) is 29.5 Å². The predicted octanol–water partition coefficient (Wildman–Crippen LogP) is 2.84. The van der Waals surface area contributed by atoms with Crippen LogP contribution in [0.2, 0.25) is 0 Å². The van der Waals surface area contributed by atoms with Gasteiger partial charge in [-0.1, -0.05) is 6.92 Å². The van der Waals surface area contributed by atoms with Crippen molar-refractivity contribution in [3.8, 4) is 0 Å². The Labute approximate surface area is 111 Å². The van der Waals surface area contributed by atoms with Crippen molar-refractivity contribution in [3.05, 3.63) is 0 Å². The lowest BCUT2D eigenvalue weighted by Crippen LogP contribution is -2.46. The molecule has 2 aliphatic rings. The molecule has 18 heavy (non-hydrogen) atoms. The van der Waals surface area contributed by atoms with Crippen molar-refractivity contribution in [3.63, 3.8) is 0 Å². The van der Waals surface area contributed by atoms with Crippen LogP contribution in [0.1, 0.15) is 52.4 Å². The van der Waals surface area contributed by atoms with E-state index in [4.69, 9.17) is 4.74 Å². The summed E-state index contributed by atoms with van der Waals surface area (Å²) in [6.07, 6.45) is 7.50. The average Bonchev–Trinajstić information content (AvgIpc) is 2.40. The molecule has 3 heteroatoms. The Hall–Kier alpha value is -0.570. The normalized spacial score (nSPS) is 34.2. The summed E-state index contributed by atoms with van der Waals surface area (Å²) in [6, 6.07) is 0.721. The molecule has 1 heterocycles. The summed E-state index contributed by atoms with van der Waals surface area (Å²) in [5.74, 6) is 1.04. The number of hydrogen-bond donors (Lipinski definition) is 0. The summed E-state index contributed by atoms with van der Waals surface area (Å²) in [6.45, 7) is 6.86. The number of nitrogens with zero attached hydrogens (tertiary/aromatic N) is 1. The molecule has 0 unspecified atom stereocenters. The lowest BCUT2D eigenvalue weighted by Gasteiger charge is -2.40. The zero-order valence-electron chi connectivity index (χ0n) is 11.9. The molecule has 0 bridgehead atoms. The van der Waals surface area contributed by atoms with Gasteiger partial charge in [-0.15, -0.1) is 0 Å². The Balaban J connectivity index is 1.84. The Morgan fingerprint density at radius 3 is 2.61 bits per heavy atom. The molecule has 2 fully saturated rings. The molecule has 0 aromatic carbocycles. The van der Waals surface area contributed by atoms with Crippen molar-refractivity contribution < 1.29 is 9.53 Å². The molecule has 1 saturated carbocycles. The van der Waals surface area contributed by atoms with Crippen LogP contribution in [0.5, 0.6) is 0 Å². The van der Waals surface area contributed by atoms with E-state index in [-0.39, 0.29) is 11.9 Å². The third kappa shape index (κ3) is 3.47. The third-order valence-corrected chi connectivity index (χ3v) is 4.57. The van der Waals surface area contributed by atoms with Crippen LogP contribution in [0, 0.1) is 11.8 Å². The first-order chi connectivity index (χ1) is 8.70. The Morgan fingerprint density at radius 2 is 1.94 bits per heavy atom. The summed E-state index contributed by atoms with van der Waals surface area (Å²) >= 11 is 0. The molecule has 3 nitrogen and oxygen atoms in total. The van der Waals surface area contributed by atoms with Crippen LogP contribution in [0.25, 0.3) is 0 Å². The number of likely N-dealkylation sites (tertiary alicyclic amines) is 1. The molecule has 0 radical (unpaired) electrons. The van der Waals surface area contributed by atoms with Crippen molar-refractivity contribution in [2.75, 3.05) is 19.7 Å². The molecule has 1 saturated heterocycles. The van der Waals surface area contributed by atoms with E-state index in [0.29, 0.717) is 6.61 Å². The number of ether oxygens (including phenoxy) is 1. The van der Waals surface area contributed by atoms with E-state index in [1.54, 1.807) is 0 Å². The number of rotatable bonds is 3. The van der Waals surface area contributed by atoms with Gasteiger partial charge in [0.1, 0.15) is 0 Å². The first-order valence-electron chi connectivity index (χ1n) is 7.61. The highest BCUT2D eigenvalue weighted by molar-refractivity contribution is 5.72. The van der Waals surface area contributed by atoms with E-state index >= 15 is 0 Å². The van der Waals surface area contributed by atoms with E-state index in [0.717, 1.165) is 31.3 Å². The minimum atomic E-state index is 0.0198. The van der Waals surface area contributed by atoms with Crippen molar-refractivity contribution in [2.24, 2.45) is 11.8 Å². The fourth-order valence-electron chi connectivity index (χ4n) is 3.40. The number of carbonyl (C=O) groups excluding carboxylic acids is 1. The second kappa shape index (κ2) is 6.55. The largest absolute Gasteiger partial charge is 0.466 e. The van der Waals surface area contributed by atoms with Crippen LogP contribution in [0.4, 0.5) is 0 Å². The molecular weight excluding hydrogens is 226 g/mol. The SMILES string of the molecule is CCOC(=O)[C@@H]1CCCN(C2CCC(C)CC2)C1.